The molecule has 0 saturated heterocycles. The number of ether oxygens (including phenoxy) is 1. The summed E-state index contributed by atoms with van der Waals surface area (Å²) >= 11 is 1.58. The van der Waals surface area contributed by atoms with Crippen LogP contribution in [-0.2, 0) is 14.3 Å². The fourth-order valence-corrected chi connectivity index (χ4v) is 4.92. The fraction of sp³-hybridized carbons (Fsp3) is 0.500. The van der Waals surface area contributed by atoms with Crippen LogP contribution in [0.25, 0.3) is 0 Å². The Kier molecular flexibility index (Phi) is 11.2. The van der Waals surface area contributed by atoms with Crippen LogP contribution < -0.4 is 10.6 Å². The summed E-state index contributed by atoms with van der Waals surface area (Å²) in [6.45, 7) is 15.3. The van der Waals surface area contributed by atoms with Crippen molar-refractivity contribution in [1.82, 2.24) is 10.2 Å². The second-order valence-corrected chi connectivity index (χ2v) is 11.7. The van der Waals surface area contributed by atoms with Gasteiger partial charge in [-0.3, -0.25) is 9.59 Å². The van der Waals surface area contributed by atoms with Crippen molar-refractivity contribution in [2.75, 3.05) is 23.9 Å². The van der Waals surface area contributed by atoms with Crippen LogP contribution in [0, 0.1) is 27.7 Å². The number of carbonyl (C=O) groups is 3. The molecule has 0 aromatic heterocycles. The lowest BCUT2D eigenvalue weighted by atomic mass is 9.98. The Bertz CT molecular complexity index is 1100. The molecule has 0 fully saturated rings. The molecule has 2 unspecified atom stereocenters. The van der Waals surface area contributed by atoms with E-state index in [0.717, 1.165) is 33.5 Å². The number of alkyl carbamates (subject to hydrolysis) is 1. The highest BCUT2D eigenvalue weighted by Crippen LogP contribution is 2.28. The van der Waals surface area contributed by atoms with E-state index in [1.165, 1.54) is 0 Å². The van der Waals surface area contributed by atoms with Crippen molar-refractivity contribution >= 4 is 35.4 Å². The first kappa shape index (κ1) is 31.2. The number of nitrogens with zero attached hydrogens (tertiary/aromatic N) is 1. The van der Waals surface area contributed by atoms with E-state index in [1.54, 1.807) is 37.4 Å². The highest BCUT2D eigenvalue weighted by atomic mass is 32.2. The highest BCUT2D eigenvalue weighted by molar-refractivity contribution is 7.98. The SMILES string of the molecule is CCN(C(=O)C(CCSC)NC(=O)OC(C)(C)C)C(C(=O)Nc1c(C)cccc1C)c1cc(C)cc(C)c1. The van der Waals surface area contributed by atoms with Crippen molar-refractivity contribution < 1.29 is 19.1 Å². The number of benzene rings is 2. The van der Waals surface area contributed by atoms with Gasteiger partial charge in [-0.1, -0.05) is 47.5 Å². The molecule has 2 aromatic carbocycles. The third-order valence-corrected chi connectivity index (χ3v) is 6.72. The van der Waals surface area contributed by atoms with Gasteiger partial charge in [0.1, 0.15) is 17.7 Å². The number of thioether (sulfide) groups is 1. The van der Waals surface area contributed by atoms with Gasteiger partial charge in [-0.15, -0.1) is 0 Å². The van der Waals surface area contributed by atoms with Crippen LogP contribution >= 0.6 is 11.8 Å². The molecule has 8 heteroatoms. The molecule has 0 heterocycles. The lowest BCUT2D eigenvalue weighted by molar-refractivity contribution is -0.140. The van der Waals surface area contributed by atoms with Crippen molar-refractivity contribution in [1.29, 1.82) is 0 Å². The molecular formula is C30H43N3O4S. The first-order chi connectivity index (χ1) is 17.8. The number of anilines is 1. The number of para-hydroxylation sites is 1. The minimum Gasteiger partial charge on any atom is -0.444 e. The molecule has 0 aliphatic rings. The normalized spacial score (nSPS) is 12.9. The number of nitrogens with one attached hydrogen (secondary N) is 2. The maximum absolute atomic E-state index is 14.0. The number of likely N-dealkylation sites (N-methyl/N-ethyl adjacent to an activating group) is 1. The molecule has 0 saturated carbocycles. The summed E-state index contributed by atoms with van der Waals surface area (Å²) in [5, 5.41) is 5.85. The van der Waals surface area contributed by atoms with Gasteiger partial charge in [0, 0.05) is 12.2 Å². The number of hydrogen-bond acceptors (Lipinski definition) is 5. The number of amides is 3. The summed E-state index contributed by atoms with van der Waals surface area (Å²) in [4.78, 5) is 42.2. The zero-order valence-electron chi connectivity index (χ0n) is 24.2. The molecule has 2 aromatic rings. The molecule has 0 radical (unpaired) electrons. The molecule has 38 heavy (non-hydrogen) atoms. The fourth-order valence-electron chi connectivity index (χ4n) is 4.45. The summed E-state index contributed by atoms with van der Waals surface area (Å²) in [7, 11) is 0. The van der Waals surface area contributed by atoms with Crippen LogP contribution in [0.5, 0.6) is 0 Å². The van der Waals surface area contributed by atoms with Crippen molar-refractivity contribution in [3.8, 4) is 0 Å². The second-order valence-electron chi connectivity index (χ2n) is 10.7. The summed E-state index contributed by atoms with van der Waals surface area (Å²) in [5.41, 5.74) is 4.64. The Morgan fingerprint density at radius 3 is 2.08 bits per heavy atom. The van der Waals surface area contributed by atoms with Crippen LogP contribution in [0.1, 0.15) is 68.0 Å². The van der Waals surface area contributed by atoms with Crippen LogP contribution in [0.4, 0.5) is 10.5 Å². The van der Waals surface area contributed by atoms with Crippen LogP contribution in [-0.4, -0.2) is 53.0 Å². The van der Waals surface area contributed by atoms with Crippen molar-refractivity contribution in [2.24, 2.45) is 0 Å². The summed E-state index contributed by atoms with van der Waals surface area (Å²) < 4.78 is 5.43. The lowest BCUT2D eigenvalue weighted by Gasteiger charge is -2.34. The van der Waals surface area contributed by atoms with Gasteiger partial charge in [-0.25, -0.2) is 4.79 Å². The lowest BCUT2D eigenvalue weighted by Crippen LogP contribution is -2.52. The Balaban J connectivity index is 2.52. The van der Waals surface area contributed by atoms with E-state index in [0.29, 0.717) is 12.2 Å². The van der Waals surface area contributed by atoms with Crippen LogP contribution in [0.2, 0.25) is 0 Å². The number of carbonyl (C=O) groups excluding carboxylic acids is 3. The number of aryl methyl sites for hydroxylation is 4. The average molecular weight is 542 g/mol. The quantitative estimate of drug-likeness (QED) is 0.380. The van der Waals surface area contributed by atoms with E-state index >= 15 is 0 Å². The van der Waals surface area contributed by atoms with Gasteiger partial charge in [0.2, 0.25) is 5.91 Å². The molecular weight excluding hydrogens is 498 g/mol. The maximum Gasteiger partial charge on any atom is 0.408 e. The van der Waals surface area contributed by atoms with Crippen LogP contribution in [0.3, 0.4) is 0 Å². The molecule has 0 aliphatic carbocycles. The highest BCUT2D eigenvalue weighted by Gasteiger charge is 2.36. The first-order valence-corrected chi connectivity index (χ1v) is 14.4. The van der Waals surface area contributed by atoms with E-state index < -0.39 is 23.8 Å². The first-order valence-electron chi connectivity index (χ1n) is 13.0. The smallest absolute Gasteiger partial charge is 0.408 e. The van der Waals surface area contributed by atoms with E-state index in [9.17, 15) is 14.4 Å². The van der Waals surface area contributed by atoms with Gasteiger partial charge in [0.05, 0.1) is 0 Å². The van der Waals surface area contributed by atoms with E-state index in [2.05, 4.69) is 10.6 Å². The third-order valence-electron chi connectivity index (χ3n) is 6.07. The van der Waals surface area contributed by atoms with Crippen molar-refractivity contribution in [3.63, 3.8) is 0 Å². The summed E-state index contributed by atoms with van der Waals surface area (Å²) in [6, 6.07) is 10.0. The summed E-state index contributed by atoms with van der Waals surface area (Å²) in [6.07, 6.45) is 1.70. The van der Waals surface area contributed by atoms with Gasteiger partial charge in [-0.05, 0) is 90.5 Å². The second kappa shape index (κ2) is 13.7. The molecule has 0 bridgehead atoms. The predicted molar refractivity (Wildman–Crippen MR) is 157 cm³/mol. The molecule has 2 atom stereocenters. The zero-order chi connectivity index (χ0) is 28.6. The monoisotopic (exact) mass is 541 g/mol. The average Bonchev–Trinajstić information content (AvgIpc) is 2.80. The minimum absolute atomic E-state index is 0.280. The third kappa shape index (κ3) is 8.79. The van der Waals surface area contributed by atoms with Gasteiger partial charge in [0.25, 0.3) is 5.91 Å². The molecule has 0 aliphatic heterocycles. The Hall–Kier alpha value is -3.00. The predicted octanol–water partition coefficient (Wildman–Crippen LogP) is 6.09. The van der Waals surface area contributed by atoms with Crippen molar-refractivity contribution in [2.45, 2.75) is 79.5 Å². The number of hydrogen-bond donors (Lipinski definition) is 2. The maximum atomic E-state index is 14.0. The number of rotatable bonds is 10. The Morgan fingerprint density at radius 1 is 1.00 bits per heavy atom. The van der Waals surface area contributed by atoms with Gasteiger partial charge < -0.3 is 20.3 Å². The Morgan fingerprint density at radius 2 is 1.58 bits per heavy atom. The molecule has 7 nitrogen and oxygen atoms in total. The van der Waals surface area contributed by atoms with Crippen LogP contribution in [0.15, 0.2) is 36.4 Å². The summed E-state index contributed by atoms with van der Waals surface area (Å²) in [5.74, 6) is 0.0313. The van der Waals surface area contributed by atoms with Gasteiger partial charge >= 0.3 is 6.09 Å². The van der Waals surface area contributed by atoms with Gasteiger partial charge in [-0.2, -0.15) is 11.8 Å². The van der Waals surface area contributed by atoms with E-state index in [-0.39, 0.29) is 18.4 Å². The van der Waals surface area contributed by atoms with E-state index in [4.69, 9.17) is 4.74 Å². The molecule has 208 valence electrons. The van der Waals surface area contributed by atoms with Crippen molar-refractivity contribution in [3.05, 3.63) is 64.2 Å². The largest absolute Gasteiger partial charge is 0.444 e. The molecule has 2 rings (SSSR count). The van der Waals surface area contributed by atoms with Gasteiger partial charge in [0.15, 0.2) is 0 Å². The Labute approximate surface area is 232 Å². The standard InChI is InChI=1S/C30H43N3O4S/c1-10-33(28(35)24(14-15-38-9)31-29(36)37-30(6,7)8)26(23-17-19(2)16-20(3)18-23)27(34)32-25-21(4)12-11-13-22(25)5/h11-13,16-18,24,26H,10,14-15H2,1-9H3,(H,31,36)(H,32,34). The molecule has 2 N–H and O–H groups in total. The minimum atomic E-state index is -0.887. The molecule has 3 amide bonds. The molecule has 0 spiro atoms. The van der Waals surface area contributed by atoms with E-state index in [1.807, 2.05) is 77.3 Å². The zero-order valence-corrected chi connectivity index (χ0v) is 25.0. The topological polar surface area (TPSA) is 87.7 Å².